The van der Waals surface area contributed by atoms with Crippen LogP contribution < -0.4 is 0 Å². The van der Waals surface area contributed by atoms with Crippen molar-refractivity contribution < 1.29 is 0 Å². The molecular formula is C18H24. The molecule has 6 aliphatic carbocycles. The average molecular weight is 240 g/mol. The first kappa shape index (κ1) is 9.61. The molecule has 0 amide bonds. The molecule has 0 aromatic heterocycles. The number of hydrogen-bond acceptors (Lipinski definition) is 0. The third-order valence-electron chi connectivity index (χ3n) is 8.57. The van der Waals surface area contributed by atoms with Gasteiger partial charge in [-0.3, -0.25) is 0 Å². The van der Waals surface area contributed by atoms with Crippen LogP contribution in [0.5, 0.6) is 0 Å². The monoisotopic (exact) mass is 240 g/mol. The summed E-state index contributed by atoms with van der Waals surface area (Å²) in [6.07, 6.45) is 11.6. The van der Waals surface area contributed by atoms with Gasteiger partial charge in [-0.2, -0.15) is 0 Å². The summed E-state index contributed by atoms with van der Waals surface area (Å²) in [6.45, 7) is 2.56. The van der Waals surface area contributed by atoms with E-state index in [4.69, 9.17) is 0 Å². The minimum Gasteiger partial charge on any atom is -0.0848 e. The Bertz CT molecular complexity index is 449. The Balaban J connectivity index is 1.46. The molecule has 5 saturated carbocycles. The Morgan fingerprint density at radius 1 is 0.667 bits per heavy atom. The van der Waals surface area contributed by atoms with Gasteiger partial charge in [0.25, 0.3) is 0 Å². The fraction of sp³-hybridized carbons (Fsp3) is 0.889. The zero-order valence-electron chi connectivity index (χ0n) is 11.3. The number of rotatable bonds is 0. The Labute approximate surface area is 110 Å². The maximum Gasteiger partial charge on any atom is -0.0194 e. The molecule has 0 spiro atoms. The molecule has 11 unspecified atom stereocenters. The fourth-order valence-corrected chi connectivity index (χ4v) is 8.58. The van der Waals surface area contributed by atoms with E-state index < -0.39 is 0 Å². The van der Waals surface area contributed by atoms with Crippen molar-refractivity contribution in [2.45, 2.75) is 32.6 Å². The van der Waals surface area contributed by atoms with Gasteiger partial charge >= 0.3 is 0 Å². The largest absolute Gasteiger partial charge is 0.0848 e. The molecule has 0 N–H and O–H groups in total. The Kier molecular flexibility index (Phi) is 1.48. The minimum absolute atomic E-state index is 1.02. The third kappa shape index (κ3) is 0.816. The van der Waals surface area contributed by atoms with E-state index in [9.17, 15) is 0 Å². The van der Waals surface area contributed by atoms with E-state index in [0.29, 0.717) is 0 Å². The summed E-state index contributed by atoms with van der Waals surface area (Å²) < 4.78 is 0. The lowest BCUT2D eigenvalue weighted by molar-refractivity contribution is 0.0330. The van der Waals surface area contributed by atoms with Gasteiger partial charge in [-0.25, -0.2) is 0 Å². The first-order valence-electron chi connectivity index (χ1n) is 8.51. The molecule has 6 bridgehead atoms. The summed E-state index contributed by atoms with van der Waals surface area (Å²) in [4.78, 5) is 0. The van der Waals surface area contributed by atoms with E-state index in [0.717, 1.165) is 41.4 Å². The van der Waals surface area contributed by atoms with Crippen molar-refractivity contribution in [3.63, 3.8) is 0 Å². The Hall–Kier alpha value is -0.260. The van der Waals surface area contributed by atoms with Gasteiger partial charge in [-0.15, -0.1) is 0 Å². The van der Waals surface area contributed by atoms with Crippen molar-refractivity contribution in [2.24, 2.45) is 65.1 Å². The van der Waals surface area contributed by atoms with Gasteiger partial charge in [-0.1, -0.05) is 19.1 Å². The molecule has 6 aliphatic rings. The van der Waals surface area contributed by atoms with Crippen LogP contribution in [0.4, 0.5) is 0 Å². The van der Waals surface area contributed by atoms with Crippen molar-refractivity contribution in [1.82, 2.24) is 0 Å². The van der Waals surface area contributed by atoms with E-state index in [2.05, 4.69) is 19.1 Å². The lowest BCUT2D eigenvalue weighted by Gasteiger charge is -2.45. The van der Waals surface area contributed by atoms with Crippen molar-refractivity contribution in [2.75, 3.05) is 0 Å². The third-order valence-corrected chi connectivity index (χ3v) is 8.57. The summed E-state index contributed by atoms with van der Waals surface area (Å²) in [5.74, 6) is 12.5. The first-order chi connectivity index (χ1) is 8.83. The highest BCUT2D eigenvalue weighted by atomic mass is 14.7. The predicted molar refractivity (Wildman–Crippen MR) is 71.7 cm³/mol. The Morgan fingerprint density at radius 2 is 1.39 bits per heavy atom. The van der Waals surface area contributed by atoms with Gasteiger partial charge in [0, 0.05) is 0 Å². The molecule has 96 valence electrons. The fourth-order valence-electron chi connectivity index (χ4n) is 8.58. The molecule has 6 rings (SSSR count). The molecule has 0 aliphatic heterocycles. The molecule has 0 aromatic rings. The number of hydrogen-bond donors (Lipinski definition) is 0. The highest BCUT2D eigenvalue weighted by molar-refractivity contribution is 5.24. The first-order valence-corrected chi connectivity index (χ1v) is 8.51. The van der Waals surface area contributed by atoms with Crippen molar-refractivity contribution in [3.05, 3.63) is 12.2 Å². The molecule has 0 saturated heterocycles. The molecular weight excluding hydrogens is 216 g/mol. The van der Waals surface area contributed by atoms with Crippen LogP contribution in [-0.2, 0) is 0 Å². The average Bonchev–Trinajstić information content (AvgIpc) is 3.14. The predicted octanol–water partition coefficient (Wildman–Crippen LogP) is 3.98. The normalized spacial score (nSPS) is 73.3. The highest BCUT2D eigenvalue weighted by Crippen LogP contribution is 2.76. The summed E-state index contributed by atoms with van der Waals surface area (Å²) in [7, 11) is 0. The van der Waals surface area contributed by atoms with Crippen LogP contribution in [0, 0.1) is 65.1 Å². The van der Waals surface area contributed by atoms with Crippen molar-refractivity contribution in [3.8, 4) is 0 Å². The van der Waals surface area contributed by atoms with Gasteiger partial charge in [0.2, 0.25) is 0 Å². The quantitative estimate of drug-likeness (QED) is 0.444. The zero-order valence-corrected chi connectivity index (χ0v) is 11.3. The van der Waals surface area contributed by atoms with E-state index in [1.165, 1.54) is 23.7 Å². The molecule has 18 heavy (non-hydrogen) atoms. The Morgan fingerprint density at radius 3 is 2.17 bits per heavy atom. The molecule has 0 heterocycles. The summed E-state index contributed by atoms with van der Waals surface area (Å²) in [5, 5.41) is 0. The van der Waals surface area contributed by atoms with Crippen LogP contribution in [0.1, 0.15) is 32.6 Å². The van der Waals surface area contributed by atoms with Crippen LogP contribution in [0.25, 0.3) is 0 Å². The maximum absolute atomic E-state index is 2.61. The lowest BCUT2D eigenvalue weighted by atomic mass is 9.59. The van der Waals surface area contributed by atoms with Gasteiger partial charge in [0.05, 0.1) is 0 Å². The van der Waals surface area contributed by atoms with Crippen LogP contribution in [-0.4, -0.2) is 0 Å². The van der Waals surface area contributed by atoms with Crippen LogP contribution in [0.3, 0.4) is 0 Å². The minimum atomic E-state index is 1.02. The SMILES string of the molecule is CC1CC2CC1C1C3CC(C4C5C=CC(C5)C34)C21. The smallest absolute Gasteiger partial charge is 0.0194 e. The van der Waals surface area contributed by atoms with Gasteiger partial charge in [-0.05, 0) is 90.8 Å². The van der Waals surface area contributed by atoms with Gasteiger partial charge in [0.15, 0.2) is 0 Å². The number of allylic oxidation sites excluding steroid dienone is 2. The number of fused-ring (bicyclic) bond motifs is 16. The summed E-state index contributed by atoms with van der Waals surface area (Å²) >= 11 is 0. The standard InChI is InChI=1S/C18H24/c1-8-4-11-6-12(8)18-14-7-13(17(11)18)15-9-2-3-10(5-9)16(14)15/h2-3,8-18H,4-7H2,1H3. The van der Waals surface area contributed by atoms with Crippen LogP contribution in [0.2, 0.25) is 0 Å². The van der Waals surface area contributed by atoms with Crippen molar-refractivity contribution >= 4 is 0 Å². The van der Waals surface area contributed by atoms with E-state index in [-0.39, 0.29) is 0 Å². The van der Waals surface area contributed by atoms with E-state index >= 15 is 0 Å². The summed E-state index contributed by atoms with van der Waals surface area (Å²) in [6, 6.07) is 0. The maximum atomic E-state index is 2.61. The van der Waals surface area contributed by atoms with Gasteiger partial charge < -0.3 is 0 Å². The van der Waals surface area contributed by atoms with Gasteiger partial charge in [0.1, 0.15) is 0 Å². The molecule has 11 atom stereocenters. The molecule has 0 nitrogen and oxygen atoms in total. The van der Waals surface area contributed by atoms with Crippen LogP contribution >= 0.6 is 0 Å². The second kappa shape index (κ2) is 2.76. The zero-order chi connectivity index (χ0) is 11.6. The molecule has 0 heteroatoms. The highest BCUT2D eigenvalue weighted by Gasteiger charge is 2.70. The van der Waals surface area contributed by atoms with E-state index in [1.54, 1.807) is 25.7 Å². The molecule has 5 fully saturated rings. The van der Waals surface area contributed by atoms with Crippen LogP contribution in [0.15, 0.2) is 12.2 Å². The molecule has 0 aromatic carbocycles. The van der Waals surface area contributed by atoms with E-state index in [1.807, 2.05) is 0 Å². The van der Waals surface area contributed by atoms with Crippen molar-refractivity contribution in [1.29, 1.82) is 0 Å². The molecule has 0 radical (unpaired) electrons. The lowest BCUT2D eigenvalue weighted by Crippen LogP contribution is -2.41. The topological polar surface area (TPSA) is 0 Å². The second-order valence-electron chi connectivity index (χ2n) is 8.69. The summed E-state index contributed by atoms with van der Waals surface area (Å²) in [5.41, 5.74) is 0. The second-order valence-corrected chi connectivity index (χ2v) is 8.69.